The molecule has 1 aliphatic heterocycles. The molecule has 7 heteroatoms. The molecule has 1 aromatic carbocycles. The minimum absolute atomic E-state index is 0.0801. The number of benzene rings is 1. The van der Waals surface area contributed by atoms with E-state index >= 15 is 0 Å². The van der Waals surface area contributed by atoms with Gasteiger partial charge >= 0.3 is 6.18 Å². The Labute approximate surface area is 119 Å². The predicted molar refractivity (Wildman–Crippen MR) is 69.4 cm³/mol. The first-order chi connectivity index (χ1) is 9.82. The van der Waals surface area contributed by atoms with Gasteiger partial charge in [0, 0.05) is 19.1 Å². The minimum Gasteiger partial charge on any atom is -0.337 e. The van der Waals surface area contributed by atoms with Gasteiger partial charge in [-0.2, -0.15) is 13.2 Å². The van der Waals surface area contributed by atoms with Crippen molar-refractivity contribution in [3.05, 3.63) is 35.1 Å². The lowest BCUT2D eigenvalue weighted by molar-refractivity contribution is -0.137. The summed E-state index contributed by atoms with van der Waals surface area (Å²) in [5.74, 6) is -1.63. The van der Waals surface area contributed by atoms with Gasteiger partial charge in [-0.25, -0.2) is 4.39 Å². The Kier molecular flexibility index (Phi) is 4.51. The van der Waals surface area contributed by atoms with Crippen LogP contribution in [0, 0.1) is 5.82 Å². The molecule has 0 radical (unpaired) electrons. The van der Waals surface area contributed by atoms with Crippen molar-refractivity contribution in [2.45, 2.75) is 25.1 Å². The molecule has 1 fully saturated rings. The fourth-order valence-electron chi connectivity index (χ4n) is 2.43. The molecule has 1 atom stereocenters. The predicted octanol–water partition coefficient (Wildman–Crippen LogP) is 2.67. The van der Waals surface area contributed by atoms with Gasteiger partial charge in [0.1, 0.15) is 5.82 Å². The van der Waals surface area contributed by atoms with Crippen LogP contribution in [-0.2, 0) is 6.18 Å². The molecular weight excluding hydrogens is 288 g/mol. The topological polar surface area (TPSA) is 32.3 Å². The maximum atomic E-state index is 13.7. The molecule has 0 spiro atoms. The number of amides is 1. The van der Waals surface area contributed by atoms with Gasteiger partial charge in [-0.05, 0) is 38.1 Å². The van der Waals surface area contributed by atoms with E-state index in [2.05, 4.69) is 5.32 Å². The van der Waals surface area contributed by atoms with Crippen LogP contribution in [0.25, 0.3) is 0 Å². The Hall–Kier alpha value is -1.63. The van der Waals surface area contributed by atoms with Crippen LogP contribution in [0.2, 0.25) is 0 Å². The second kappa shape index (κ2) is 6.01. The van der Waals surface area contributed by atoms with E-state index in [1.807, 2.05) is 0 Å². The molecule has 0 bridgehead atoms. The Balaban J connectivity index is 2.26. The lowest BCUT2D eigenvalue weighted by Gasteiger charge is -2.32. The fourth-order valence-corrected chi connectivity index (χ4v) is 2.43. The van der Waals surface area contributed by atoms with Crippen molar-refractivity contribution in [1.29, 1.82) is 0 Å². The van der Waals surface area contributed by atoms with Gasteiger partial charge < -0.3 is 10.2 Å². The summed E-state index contributed by atoms with van der Waals surface area (Å²) in [5, 5.41) is 3.02. The first-order valence-electron chi connectivity index (χ1n) is 6.66. The zero-order chi connectivity index (χ0) is 15.6. The molecular formula is C14H16F4N2O. The summed E-state index contributed by atoms with van der Waals surface area (Å²) in [5.41, 5.74) is -1.55. The largest absolute Gasteiger partial charge is 0.416 e. The number of likely N-dealkylation sites (N-methyl/N-ethyl adjacent to an activating group) is 1. The number of halogens is 4. The number of alkyl halides is 3. The minimum atomic E-state index is -4.60. The number of nitrogens with one attached hydrogen (secondary N) is 1. The number of hydrogen-bond donors (Lipinski definition) is 1. The van der Waals surface area contributed by atoms with Gasteiger partial charge in [0.05, 0.1) is 11.1 Å². The van der Waals surface area contributed by atoms with Gasteiger partial charge in [-0.15, -0.1) is 0 Å². The maximum Gasteiger partial charge on any atom is 0.416 e. The Bertz CT molecular complexity index is 530. The summed E-state index contributed by atoms with van der Waals surface area (Å²) in [6, 6.07) is 1.99. The molecule has 0 unspecified atom stereocenters. The highest BCUT2D eigenvalue weighted by molar-refractivity contribution is 5.94. The molecule has 1 aliphatic rings. The van der Waals surface area contributed by atoms with E-state index < -0.39 is 29.0 Å². The Morgan fingerprint density at radius 2 is 2.10 bits per heavy atom. The van der Waals surface area contributed by atoms with Crippen molar-refractivity contribution in [3.8, 4) is 0 Å². The summed E-state index contributed by atoms with van der Waals surface area (Å²) >= 11 is 0. The monoisotopic (exact) mass is 304 g/mol. The molecule has 3 nitrogen and oxygen atoms in total. The molecule has 21 heavy (non-hydrogen) atoms. The molecule has 1 heterocycles. The van der Waals surface area contributed by atoms with Crippen LogP contribution in [0.15, 0.2) is 18.2 Å². The molecule has 116 valence electrons. The number of nitrogens with zero attached hydrogens (tertiary/aromatic N) is 1. The van der Waals surface area contributed by atoms with Crippen LogP contribution in [0.1, 0.15) is 28.8 Å². The first-order valence-corrected chi connectivity index (χ1v) is 6.66. The second-order valence-corrected chi connectivity index (χ2v) is 5.07. The van der Waals surface area contributed by atoms with Crippen LogP contribution in [0.4, 0.5) is 17.6 Å². The summed E-state index contributed by atoms with van der Waals surface area (Å²) in [6.07, 6.45) is -2.98. The van der Waals surface area contributed by atoms with E-state index in [0.29, 0.717) is 31.3 Å². The highest BCUT2D eigenvalue weighted by atomic mass is 19.4. The van der Waals surface area contributed by atoms with Gasteiger partial charge in [0.2, 0.25) is 0 Å². The third kappa shape index (κ3) is 3.53. The number of piperidine rings is 1. The van der Waals surface area contributed by atoms with E-state index in [9.17, 15) is 22.4 Å². The van der Waals surface area contributed by atoms with Crippen molar-refractivity contribution < 1.29 is 22.4 Å². The van der Waals surface area contributed by atoms with Crippen molar-refractivity contribution >= 4 is 5.91 Å². The summed E-state index contributed by atoms with van der Waals surface area (Å²) in [7, 11) is 1.75. The number of carbonyl (C=O) groups is 1. The quantitative estimate of drug-likeness (QED) is 0.852. The average Bonchev–Trinajstić information content (AvgIpc) is 2.46. The molecule has 1 N–H and O–H groups in total. The summed E-state index contributed by atoms with van der Waals surface area (Å²) in [4.78, 5) is 13.6. The van der Waals surface area contributed by atoms with Crippen molar-refractivity contribution in [2.24, 2.45) is 0 Å². The zero-order valence-electron chi connectivity index (χ0n) is 11.5. The van der Waals surface area contributed by atoms with E-state index in [-0.39, 0.29) is 6.04 Å². The highest BCUT2D eigenvalue weighted by Gasteiger charge is 2.33. The molecule has 1 amide bonds. The standard InChI is InChI=1S/C14H16F4N2O/c1-19-10-3-2-6-20(8-10)13(21)11-7-9(14(16,17)18)4-5-12(11)15/h4-5,7,10,19H,2-3,6,8H2,1H3/t10-/m1/s1. The Morgan fingerprint density at radius 1 is 1.38 bits per heavy atom. The lowest BCUT2D eigenvalue weighted by Crippen LogP contribution is -2.47. The fraction of sp³-hybridized carbons (Fsp3) is 0.500. The average molecular weight is 304 g/mol. The van der Waals surface area contributed by atoms with Gasteiger partial charge in [-0.1, -0.05) is 0 Å². The van der Waals surface area contributed by atoms with Gasteiger partial charge in [0.15, 0.2) is 0 Å². The van der Waals surface area contributed by atoms with Gasteiger partial charge in [0.25, 0.3) is 5.91 Å². The van der Waals surface area contributed by atoms with Gasteiger partial charge in [-0.3, -0.25) is 4.79 Å². The molecule has 0 saturated carbocycles. The zero-order valence-corrected chi connectivity index (χ0v) is 11.5. The molecule has 1 saturated heterocycles. The molecule has 2 rings (SSSR count). The number of rotatable bonds is 2. The first kappa shape index (κ1) is 15.8. The molecule has 0 aromatic heterocycles. The van der Waals surface area contributed by atoms with Crippen LogP contribution in [0.3, 0.4) is 0 Å². The van der Waals surface area contributed by atoms with Crippen LogP contribution >= 0.6 is 0 Å². The number of hydrogen-bond acceptors (Lipinski definition) is 2. The maximum absolute atomic E-state index is 13.7. The normalized spacial score (nSPS) is 19.7. The van der Waals surface area contributed by atoms with E-state index in [4.69, 9.17) is 0 Å². The third-order valence-corrected chi connectivity index (χ3v) is 3.64. The van der Waals surface area contributed by atoms with E-state index in [1.165, 1.54) is 4.90 Å². The lowest BCUT2D eigenvalue weighted by atomic mass is 10.0. The van der Waals surface area contributed by atoms with Crippen molar-refractivity contribution in [1.82, 2.24) is 10.2 Å². The van der Waals surface area contributed by atoms with Crippen molar-refractivity contribution in [2.75, 3.05) is 20.1 Å². The van der Waals surface area contributed by atoms with Crippen LogP contribution < -0.4 is 5.32 Å². The second-order valence-electron chi connectivity index (χ2n) is 5.07. The number of carbonyl (C=O) groups excluding carboxylic acids is 1. The SMILES string of the molecule is CN[C@@H]1CCCN(C(=O)c2cc(C(F)(F)F)ccc2F)C1. The highest BCUT2D eigenvalue weighted by Crippen LogP contribution is 2.30. The summed E-state index contributed by atoms with van der Waals surface area (Å²) < 4.78 is 51.7. The van der Waals surface area contributed by atoms with Crippen LogP contribution in [-0.4, -0.2) is 37.0 Å². The van der Waals surface area contributed by atoms with Crippen molar-refractivity contribution in [3.63, 3.8) is 0 Å². The number of likely N-dealkylation sites (tertiary alicyclic amines) is 1. The summed E-state index contributed by atoms with van der Waals surface area (Å²) in [6.45, 7) is 0.789. The Morgan fingerprint density at radius 3 is 2.71 bits per heavy atom. The van der Waals surface area contributed by atoms with E-state index in [1.54, 1.807) is 7.05 Å². The smallest absolute Gasteiger partial charge is 0.337 e. The van der Waals surface area contributed by atoms with Crippen LogP contribution in [0.5, 0.6) is 0 Å². The molecule has 0 aliphatic carbocycles. The third-order valence-electron chi connectivity index (χ3n) is 3.64. The molecule has 1 aromatic rings. The van der Waals surface area contributed by atoms with E-state index in [0.717, 1.165) is 12.8 Å².